The van der Waals surface area contributed by atoms with Gasteiger partial charge in [0.05, 0.1) is 0 Å². The first-order valence-corrected chi connectivity index (χ1v) is 5.55. The molecular formula is C11H12N2OS. The molecule has 0 aliphatic rings. The van der Waals surface area contributed by atoms with Gasteiger partial charge < -0.3 is 10.8 Å². The number of hydrogen-bond donors (Lipinski definition) is 2. The minimum Gasteiger partial charge on any atom is -0.399 e. The molecule has 0 bridgehead atoms. The summed E-state index contributed by atoms with van der Waals surface area (Å²) in [5.41, 5.74) is 7.41. The molecule has 1 aromatic heterocycles. The van der Waals surface area contributed by atoms with E-state index in [9.17, 15) is 5.11 Å². The quantitative estimate of drug-likeness (QED) is 0.778. The van der Waals surface area contributed by atoms with Crippen molar-refractivity contribution in [2.45, 2.75) is 12.5 Å². The van der Waals surface area contributed by atoms with E-state index in [0.29, 0.717) is 6.42 Å². The summed E-state index contributed by atoms with van der Waals surface area (Å²) in [5.74, 6) is 0. The SMILES string of the molecule is Nc1cccc(CC(O)c2nccs2)c1. The molecule has 0 aliphatic heterocycles. The number of benzene rings is 1. The maximum absolute atomic E-state index is 9.86. The van der Waals surface area contributed by atoms with Gasteiger partial charge in [0.15, 0.2) is 0 Å². The Morgan fingerprint density at radius 2 is 2.33 bits per heavy atom. The van der Waals surface area contributed by atoms with E-state index in [1.54, 1.807) is 6.20 Å². The zero-order valence-corrected chi connectivity index (χ0v) is 8.95. The normalized spacial score (nSPS) is 12.6. The van der Waals surface area contributed by atoms with Crippen molar-refractivity contribution in [1.29, 1.82) is 0 Å². The first-order chi connectivity index (χ1) is 7.25. The Kier molecular flexibility index (Phi) is 2.99. The van der Waals surface area contributed by atoms with Crippen molar-refractivity contribution in [1.82, 2.24) is 4.98 Å². The molecule has 4 heteroatoms. The molecule has 0 saturated heterocycles. The summed E-state index contributed by atoms with van der Waals surface area (Å²) in [6.45, 7) is 0. The largest absolute Gasteiger partial charge is 0.399 e. The topological polar surface area (TPSA) is 59.1 Å². The predicted molar refractivity (Wildman–Crippen MR) is 61.6 cm³/mol. The van der Waals surface area contributed by atoms with Gasteiger partial charge in [-0.15, -0.1) is 11.3 Å². The van der Waals surface area contributed by atoms with E-state index in [2.05, 4.69) is 4.98 Å². The molecule has 1 unspecified atom stereocenters. The van der Waals surface area contributed by atoms with Crippen molar-refractivity contribution < 1.29 is 5.11 Å². The second kappa shape index (κ2) is 4.42. The van der Waals surface area contributed by atoms with Crippen LogP contribution < -0.4 is 5.73 Å². The van der Waals surface area contributed by atoms with Crippen LogP contribution in [0.25, 0.3) is 0 Å². The van der Waals surface area contributed by atoms with Crippen LogP contribution in [0.3, 0.4) is 0 Å². The van der Waals surface area contributed by atoms with Gasteiger partial charge in [0.1, 0.15) is 11.1 Å². The predicted octanol–water partition coefficient (Wildman–Crippen LogP) is 2.00. The Labute approximate surface area is 92.2 Å². The third-order valence-corrected chi connectivity index (χ3v) is 2.99. The van der Waals surface area contributed by atoms with Gasteiger partial charge in [-0.1, -0.05) is 12.1 Å². The zero-order chi connectivity index (χ0) is 10.7. The maximum atomic E-state index is 9.86. The van der Waals surface area contributed by atoms with Crippen LogP contribution >= 0.6 is 11.3 Å². The third kappa shape index (κ3) is 2.55. The fourth-order valence-electron chi connectivity index (χ4n) is 1.43. The minimum absolute atomic E-state index is 0.535. The number of anilines is 1. The van der Waals surface area contributed by atoms with Crippen LogP contribution in [-0.4, -0.2) is 10.1 Å². The summed E-state index contributed by atoms with van der Waals surface area (Å²) in [5, 5.41) is 12.5. The summed E-state index contributed by atoms with van der Waals surface area (Å²) in [4.78, 5) is 4.07. The standard InChI is InChI=1S/C11H12N2OS/c12-9-3-1-2-8(6-9)7-10(14)11-13-4-5-15-11/h1-6,10,14H,7,12H2. The Hall–Kier alpha value is -1.39. The highest BCUT2D eigenvalue weighted by Crippen LogP contribution is 2.20. The molecule has 3 N–H and O–H groups in total. The van der Waals surface area contributed by atoms with E-state index in [1.807, 2.05) is 29.6 Å². The highest BCUT2D eigenvalue weighted by molar-refractivity contribution is 7.09. The number of aliphatic hydroxyl groups is 1. The van der Waals surface area contributed by atoms with Gasteiger partial charge in [0, 0.05) is 23.7 Å². The number of nitrogens with two attached hydrogens (primary N) is 1. The molecule has 0 saturated carbocycles. The second-order valence-corrected chi connectivity index (χ2v) is 4.26. The molecule has 3 nitrogen and oxygen atoms in total. The van der Waals surface area contributed by atoms with Crippen LogP contribution in [0.4, 0.5) is 5.69 Å². The molecule has 0 radical (unpaired) electrons. The van der Waals surface area contributed by atoms with Crippen LogP contribution in [0.1, 0.15) is 16.7 Å². The third-order valence-electron chi connectivity index (χ3n) is 2.12. The second-order valence-electron chi connectivity index (χ2n) is 3.34. The molecule has 2 aromatic rings. The number of aliphatic hydroxyl groups excluding tert-OH is 1. The van der Waals surface area contributed by atoms with Crippen molar-refractivity contribution in [3.8, 4) is 0 Å². The fourth-order valence-corrected chi connectivity index (χ4v) is 2.05. The Bertz CT molecular complexity index is 428. The highest BCUT2D eigenvalue weighted by atomic mass is 32.1. The van der Waals surface area contributed by atoms with Crippen LogP contribution in [0.5, 0.6) is 0 Å². The van der Waals surface area contributed by atoms with E-state index in [4.69, 9.17) is 5.73 Å². The summed E-state index contributed by atoms with van der Waals surface area (Å²) >= 11 is 1.46. The van der Waals surface area contributed by atoms with Gasteiger partial charge >= 0.3 is 0 Å². The van der Waals surface area contributed by atoms with E-state index < -0.39 is 6.10 Å². The first kappa shape index (κ1) is 10.1. The van der Waals surface area contributed by atoms with Gasteiger partial charge in [-0.2, -0.15) is 0 Å². The lowest BCUT2D eigenvalue weighted by Gasteiger charge is -2.07. The Balaban J connectivity index is 2.09. The van der Waals surface area contributed by atoms with E-state index in [0.717, 1.165) is 16.3 Å². The molecule has 0 amide bonds. The molecule has 15 heavy (non-hydrogen) atoms. The van der Waals surface area contributed by atoms with Crippen LogP contribution in [-0.2, 0) is 6.42 Å². The Morgan fingerprint density at radius 1 is 1.47 bits per heavy atom. The number of hydrogen-bond acceptors (Lipinski definition) is 4. The molecule has 0 fully saturated rings. The summed E-state index contributed by atoms with van der Waals surface area (Å²) in [7, 11) is 0. The lowest BCUT2D eigenvalue weighted by Crippen LogP contribution is -2.01. The summed E-state index contributed by atoms with van der Waals surface area (Å²) < 4.78 is 0. The highest BCUT2D eigenvalue weighted by Gasteiger charge is 2.10. The Morgan fingerprint density at radius 3 is 3.00 bits per heavy atom. The number of aromatic nitrogens is 1. The summed E-state index contributed by atoms with van der Waals surface area (Å²) in [6.07, 6.45) is 1.72. The lowest BCUT2D eigenvalue weighted by atomic mass is 10.1. The van der Waals surface area contributed by atoms with E-state index in [-0.39, 0.29) is 0 Å². The lowest BCUT2D eigenvalue weighted by molar-refractivity contribution is 0.178. The fraction of sp³-hybridized carbons (Fsp3) is 0.182. The molecular weight excluding hydrogens is 208 g/mol. The van der Waals surface area contributed by atoms with Gasteiger partial charge in [0.2, 0.25) is 0 Å². The average molecular weight is 220 g/mol. The smallest absolute Gasteiger partial charge is 0.121 e. The van der Waals surface area contributed by atoms with Gasteiger partial charge in [0.25, 0.3) is 0 Å². The number of nitrogens with zero attached hydrogens (tertiary/aromatic N) is 1. The molecule has 0 spiro atoms. The van der Waals surface area contributed by atoms with Crippen molar-refractivity contribution in [2.24, 2.45) is 0 Å². The monoisotopic (exact) mass is 220 g/mol. The molecule has 1 heterocycles. The zero-order valence-electron chi connectivity index (χ0n) is 8.13. The summed E-state index contributed by atoms with van der Waals surface area (Å²) in [6, 6.07) is 7.54. The van der Waals surface area contributed by atoms with E-state index >= 15 is 0 Å². The maximum Gasteiger partial charge on any atom is 0.121 e. The van der Waals surface area contributed by atoms with Crippen LogP contribution in [0.15, 0.2) is 35.8 Å². The molecule has 0 aliphatic carbocycles. The molecule has 78 valence electrons. The number of thiazole rings is 1. The number of nitrogen functional groups attached to an aromatic ring is 1. The van der Waals surface area contributed by atoms with Gasteiger partial charge in [-0.3, -0.25) is 0 Å². The van der Waals surface area contributed by atoms with Crippen LogP contribution in [0, 0.1) is 0 Å². The average Bonchev–Trinajstić information content (AvgIpc) is 2.70. The number of rotatable bonds is 3. The molecule has 1 aromatic carbocycles. The minimum atomic E-state index is -0.535. The first-order valence-electron chi connectivity index (χ1n) is 4.67. The molecule has 1 atom stereocenters. The van der Waals surface area contributed by atoms with Crippen LogP contribution in [0.2, 0.25) is 0 Å². The molecule has 2 rings (SSSR count). The van der Waals surface area contributed by atoms with Crippen molar-refractivity contribution in [3.63, 3.8) is 0 Å². The van der Waals surface area contributed by atoms with Crippen molar-refractivity contribution in [3.05, 3.63) is 46.4 Å². The van der Waals surface area contributed by atoms with Gasteiger partial charge in [-0.25, -0.2) is 4.98 Å². The van der Waals surface area contributed by atoms with Crippen molar-refractivity contribution in [2.75, 3.05) is 5.73 Å². The van der Waals surface area contributed by atoms with Gasteiger partial charge in [-0.05, 0) is 17.7 Å². The van der Waals surface area contributed by atoms with Crippen molar-refractivity contribution >= 4 is 17.0 Å². The van der Waals surface area contributed by atoms with E-state index in [1.165, 1.54) is 11.3 Å².